The van der Waals surface area contributed by atoms with Crippen LogP contribution in [0.1, 0.15) is 66.6 Å². The third-order valence-corrected chi connectivity index (χ3v) is 13.7. The molecule has 0 aliphatic heterocycles. The number of amides is 1. The highest BCUT2D eigenvalue weighted by Crippen LogP contribution is 2.56. The summed E-state index contributed by atoms with van der Waals surface area (Å²) in [5.74, 6) is 6.18. The third-order valence-electron chi connectivity index (χ3n) is 13.7. The van der Waals surface area contributed by atoms with Gasteiger partial charge in [-0.1, -0.05) is 122 Å². The van der Waals surface area contributed by atoms with Gasteiger partial charge < -0.3 is 37.7 Å². The van der Waals surface area contributed by atoms with Gasteiger partial charge in [0.1, 0.15) is 51.5 Å². The Morgan fingerprint density at radius 3 is 1.51 bits per heavy atom. The van der Waals surface area contributed by atoms with Crippen LogP contribution in [0.4, 0.5) is 10.6 Å². The monoisotopic (exact) mass is 989 g/mol. The van der Waals surface area contributed by atoms with Crippen LogP contribution in [-0.2, 0) is 25.4 Å². The number of anilines is 1. The van der Waals surface area contributed by atoms with Crippen molar-refractivity contribution in [3.63, 3.8) is 0 Å². The van der Waals surface area contributed by atoms with Crippen molar-refractivity contribution in [3.05, 3.63) is 216 Å². The van der Waals surface area contributed by atoms with Crippen molar-refractivity contribution in [2.45, 2.75) is 56.1 Å². The van der Waals surface area contributed by atoms with E-state index in [-0.39, 0.29) is 18.8 Å². The molecule has 8 aromatic rings. The minimum absolute atomic E-state index is 0.0976. The molecule has 1 N–H and O–H groups in total. The number of hydrogen-bond acceptors (Lipinski definition) is 11. The van der Waals surface area contributed by atoms with E-state index in [0.717, 1.165) is 33.4 Å². The van der Waals surface area contributed by atoms with Gasteiger partial charge in [0.15, 0.2) is 17.0 Å². The molecule has 0 unspecified atom stereocenters. The molecule has 2 heterocycles. The van der Waals surface area contributed by atoms with Gasteiger partial charge in [0.05, 0.1) is 53.5 Å². The molecule has 6 aromatic carbocycles. The number of aromatic nitrogens is 4. The zero-order valence-electron chi connectivity index (χ0n) is 42.6. The maximum Gasteiger partial charge on any atom is 0.413 e. The Labute approximate surface area is 432 Å². The number of nitrogens with zero attached hydrogens (tertiary/aromatic N) is 4. The normalized spacial score (nSPS) is 16.8. The zero-order valence-corrected chi connectivity index (χ0v) is 42.6. The minimum atomic E-state index is -1.39. The Bertz CT molecular complexity index is 3160. The molecule has 0 saturated heterocycles. The molecule has 0 radical (unpaired) electrons. The quantitative estimate of drug-likeness (QED) is 0.0530. The maximum absolute atomic E-state index is 13.1. The van der Waals surface area contributed by atoms with E-state index in [1.165, 1.54) is 6.33 Å². The van der Waals surface area contributed by atoms with Crippen molar-refractivity contribution in [2.24, 2.45) is 5.41 Å². The molecular formula is C61H59N5O8. The lowest BCUT2D eigenvalue weighted by atomic mass is 9.76. The van der Waals surface area contributed by atoms with Crippen LogP contribution in [0.25, 0.3) is 11.2 Å². The van der Waals surface area contributed by atoms with Gasteiger partial charge in [0.2, 0.25) is 0 Å². The topological polar surface area (TPSA) is 137 Å². The number of hydrogen-bond donors (Lipinski definition) is 1. The highest BCUT2D eigenvalue weighted by atomic mass is 16.6. The predicted molar refractivity (Wildman–Crippen MR) is 285 cm³/mol. The van der Waals surface area contributed by atoms with Crippen molar-refractivity contribution in [1.82, 2.24) is 19.5 Å². The second-order valence-corrected chi connectivity index (χ2v) is 19.0. The molecule has 1 aliphatic rings. The van der Waals surface area contributed by atoms with Gasteiger partial charge in [-0.15, -0.1) is 6.42 Å². The first-order chi connectivity index (χ1) is 35.8. The molecule has 0 bridgehead atoms. The lowest BCUT2D eigenvalue weighted by Gasteiger charge is -2.44. The van der Waals surface area contributed by atoms with E-state index in [2.05, 4.69) is 28.4 Å². The molecule has 74 heavy (non-hydrogen) atoms. The molecule has 2 aromatic heterocycles. The summed E-state index contributed by atoms with van der Waals surface area (Å²) in [6, 6.07) is 51.0. The van der Waals surface area contributed by atoms with Crippen LogP contribution in [0.2, 0.25) is 0 Å². The minimum Gasteiger partial charge on any atom is -0.497 e. The Hall–Kier alpha value is -8.44. The van der Waals surface area contributed by atoms with E-state index in [9.17, 15) is 4.79 Å². The Morgan fingerprint density at radius 1 is 0.649 bits per heavy atom. The molecule has 0 spiro atoms. The second-order valence-electron chi connectivity index (χ2n) is 19.0. The molecule has 1 saturated carbocycles. The van der Waals surface area contributed by atoms with Crippen LogP contribution in [-0.4, -0.2) is 72.4 Å². The lowest BCUT2D eigenvalue weighted by Crippen LogP contribution is -2.46. The fourth-order valence-electron chi connectivity index (χ4n) is 10.0. The molecule has 1 aliphatic carbocycles. The fraction of sp³-hybridized carbons (Fsp3) is 0.246. The average molecular weight is 990 g/mol. The van der Waals surface area contributed by atoms with Gasteiger partial charge in [-0.05, 0) is 108 Å². The van der Waals surface area contributed by atoms with Crippen LogP contribution in [0.3, 0.4) is 0 Å². The Balaban J connectivity index is 1.27. The van der Waals surface area contributed by atoms with Crippen LogP contribution in [0.15, 0.2) is 183 Å². The first kappa shape index (κ1) is 50.5. The number of rotatable bonds is 17. The highest BCUT2D eigenvalue weighted by molar-refractivity contribution is 5.93. The fourth-order valence-corrected chi connectivity index (χ4v) is 10.0. The summed E-state index contributed by atoms with van der Waals surface area (Å²) in [5.41, 5.74) is 1.60. The number of ether oxygens (including phenoxy) is 7. The van der Waals surface area contributed by atoms with Gasteiger partial charge in [-0.2, -0.15) is 0 Å². The number of fused-ring (bicyclic) bond motifs is 1. The maximum atomic E-state index is 13.1. The summed E-state index contributed by atoms with van der Waals surface area (Å²) in [6.07, 6.45) is 8.89. The smallest absolute Gasteiger partial charge is 0.413 e. The number of methoxy groups -OCH3 is 4. The first-order valence-corrected chi connectivity index (χ1v) is 24.2. The van der Waals surface area contributed by atoms with Gasteiger partial charge in [-0.25, -0.2) is 19.7 Å². The van der Waals surface area contributed by atoms with E-state index in [1.807, 2.05) is 150 Å². The number of carbonyl (C=O) groups is 1. The molecule has 376 valence electrons. The highest BCUT2D eigenvalue weighted by Gasteiger charge is 2.57. The zero-order chi connectivity index (χ0) is 52.1. The molecule has 1 fully saturated rings. The SMILES string of the molecule is C#C[C@]1(COC(c2ccccc2)(c2ccc(OC)cc2)c2ccc(OC)cc2)C(=C)[C@@H](n2cnc3c(NC(=O)OC(C)(C)C)ncnc32)C[C@@H]1OC(c1ccccc1)(c1ccc(OC)cc1)c1ccc(OC)cc1. The molecular weight excluding hydrogens is 931 g/mol. The van der Waals surface area contributed by atoms with Gasteiger partial charge in [0, 0.05) is 6.42 Å². The number of benzene rings is 6. The number of nitrogens with one attached hydrogen (secondary N) is 1. The summed E-state index contributed by atoms with van der Waals surface area (Å²) in [5, 5.41) is 2.77. The second kappa shape index (κ2) is 21.0. The molecule has 13 heteroatoms. The van der Waals surface area contributed by atoms with Crippen molar-refractivity contribution in [1.29, 1.82) is 0 Å². The lowest BCUT2D eigenvalue weighted by molar-refractivity contribution is -0.107. The molecule has 1 amide bonds. The van der Waals surface area contributed by atoms with Crippen molar-refractivity contribution in [2.75, 3.05) is 40.4 Å². The van der Waals surface area contributed by atoms with Gasteiger partial charge >= 0.3 is 6.09 Å². The van der Waals surface area contributed by atoms with Gasteiger partial charge in [-0.3, -0.25) is 5.32 Å². The van der Waals surface area contributed by atoms with Crippen molar-refractivity contribution < 1.29 is 38.0 Å². The molecule has 9 rings (SSSR count). The van der Waals surface area contributed by atoms with Crippen LogP contribution < -0.4 is 24.3 Å². The van der Waals surface area contributed by atoms with E-state index in [4.69, 9.17) is 56.1 Å². The summed E-state index contributed by atoms with van der Waals surface area (Å²) < 4.78 is 46.0. The predicted octanol–water partition coefficient (Wildman–Crippen LogP) is 11.7. The Kier molecular flexibility index (Phi) is 14.3. The first-order valence-electron chi connectivity index (χ1n) is 24.2. The summed E-state index contributed by atoms with van der Waals surface area (Å²) >= 11 is 0. The van der Waals surface area contributed by atoms with E-state index in [1.54, 1.807) is 55.5 Å². The van der Waals surface area contributed by atoms with E-state index in [0.29, 0.717) is 39.7 Å². The van der Waals surface area contributed by atoms with Crippen LogP contribution in [0.5, 0.6) is 23.0 Å². The van der Waals surface area contributed by atoms with Gasteiger partial charge in [0.25, 0.3) is 0 Å². The van der Waals surface area contributed by atoms with E-state index >= 15 is 0 Å². The Morgan fingerprint density at radius 2 is 1.08 bits per heavy atom. The number of carbonyl (C=O) groups excluding carboxylic acids is 1. The summed E-state index contributed by atoms with van der Waals surface area (Å²) in [7, 11) is 6.55. The molecule has 13 nitrogen and oxygen atoms in total. The average Bonchev–Trinajstić information content (AvgIpc) is 3.99. The van der Waals surface area contributed by atoms with Crippen molar-refractivity contribution in [3.8, 4) is 35.3 Å². The number of terminal acetylenes is 1. The van der Waals surface area contributed by atoms with Crippen LogP contribution >= 0.6 is 0 Å². The third kappa shape index (κ3) is 9.41. The van der Waals surface area contributed by atoms with Crippen molar-refractivity contribution >= 4 is 23.1 Å². The molecule has 3 atom stereocenters. The van der Waals surface area contributed by atoms with E-state index < -0.39 is 40.5 Å². The summed E-state index contributed by atoms with van der Waals surface area (Å²) in [4.78, 5) is 27.0. The van der Waals surface area contributed by atoms with Crippen LogP contribution in [0, 0.1) is 17.8 Å². The standard InChI is InChI=1S/C61H59N5O8/c1-10-59(38-72-60(42-17-13-11-14-18-42,44-21-29-48(68-6)30-22-44)45-23-31-49(69-7)32-24-45)41(2)52(66-40-64-54-55(62-39-63-56(54)66)65-57(67)74-58(3,4)5)37-53(59)73-61(43-19-15-12-16-20-43,46-25-33-50(70-8)34-26-46)47-27-35-51(71-9)36-28-47/h1,11-36,39-40,52-53H,2,37-38H2,3-9H3,(H,62,63,65,67)/t52-,53-,59-/m0/s1. The largest absolute Gasteiger partial charge is 0.497 e. The summed E-state index contributed by atoms with van der Waals surface area (Å²) in [6.45, 7) is 10.2. The number of imidazole rings is 1.